The van der Waals surface area contributed by atoms with Gasteiger partial charge in [-0.1, -0.05) is 97.1 Å². The van der Waals surface area contributed by atoms with Crippen molar-refractivity contribution in [2.24, 2.45) is 0 Å². The highest BCUT2D eigenvalue weighted by molar-refractivity contribution is 7.18. The molecule has 0 N–H and O–H groups in total. The molecule has 0 radical (unpaired) electrons. The molecule has 0 aliphatic rings. The number of fused-ring (bicyclic) bond motifs is 6. The molecular weight excluding hydrogens is 541 g/mol. The van der Waals surface area contributed by atoms with E-state index in [0.717, 1.165) is 0 Å². The second-order valence-electron chi connectivity index (χ2n) is 11.0. The van der Waals surface area contributed by atoms with Crippen molar-refractivity contribution in [1.82, 2.24) is 9.13 Å². The first-order chi connectivity index (χ1) is 21.3. The molecule has 0 unspecified atom stereocenters. The summed E-state index contributed by atoms with van der Waals surface area (Å²) < 4.78 is 4.77. The van der Waals surface area contributed by atoms with Crippen LogP contribution in [0, 0.1) is 0 Å². The van der Waals surface area contributed by atoms with Crippen LogP contribution >= 0.6 is 11.3 Å². The molecule has 6 aromatic carbocycles. The van der Waals surface area contributed by atoms with Gasteiger partial charge in [0.25, 0.3) is 0 Å². The smallest absolute Gasteiger partial charge is 0.0541 e. The van der Waals surface area contributed by atoms with Crippen LogP contribution in [0.2, 0.25) is 0 Å². The van der Waals surface area contributed by atoms with Crippen LogP contribution in [0.1, 0.15) is 0 Å². The number of rotatable bonds is 4. The summed E-state index contributed by atoms with van der Waals surface area (Å²) in [5.74, 6) is 0. The molecule has 3 aromatic heterocycles. The lowest BCUT2D eigenvalue weighted by Gasteiger charge is -2.10. The molecule has 0 saturated heterocycles. The van der Waals surface area contributed by atoms with Crippen LogP contribution in [0.4, 0.5) is 0 Å². The van der Waals surface area contributed by atoms with Crippen LogP contribution in [0.15, 0.2) is 158 Å². The minimum atomic E-state index is 1.18. The third-order valence-corrected chi connectivity index (χ3v) is 9.73. The lowest BCUT2D eigenvalue weighted by Crippen LogP contribution is -1.93. The maximum absolute atomic E-state index is 2.39. The fourth-order valence-electron chi connectivity index (χ4n) is 6.65. The molecule has 0 amide bonds. The SMILES string of the molecule is c1cc(-c2ccc(-c3cccc(-n4c5ccccc5c5ccccc54)c3)s2)cc(-n2c3ccccc3c3ccccc32)c1. The molecule has 0 spiro atoms. The van der Waals surface area contributed by atoms with Gasteiger partial charge in [0.05, 0.1) is 22.1 Å². The first-order valence-corrected chi connectivity index (χ1v) is 15.4. The van der Waals surface area contributed by atoms with Gasteiger partial charge in [-0.3, -0.25) is 0 Å². The fourth-order valence-corrected chi connectivity index (χ4v) is 7.64. The molecule has 3 heteroatoms. The van der Waals surface area contributed by atoms with Crippen molar-refractivity contribution in [2.45, 2.75) is 0 Å². The number of para-hydroxylation sites is 4. The summed E-state index contributed by atoms with van der Waals surface area (Å²) >= 11 is 1.85. The van der Waals surface area contributed by atoms with Crippen LogP contribution in [-0.4, -0.2) is 9.13 Å². The lowest BCUT2D eigenvalue weighted by molar-refractivity contribution is 1.18. The van der Waals surface area contributed by atoms with Crippen molar-refractivity contribution in [1.29, 1.82) is 0 Å². The Kier molecular flexibility index (Phi) is 5.40. The highest BCUT2D eigenvalue weighted by Gasteiger charge is 2.14. The van der Waals surface area contributed by atoms with Crippen LogP contribution in [0.25, 0.3) is 75.9 Å². The van der Waals surface area contributed by atoms with Gasteiger partial charge >= 0.3 is 0 Å². The monoisotopic (exact) mass is 566 g/mol. The average Bonchev–Trinajstić information content (AvgIpc) is 3.78. The van der Waals surface area contributed by atoms with E-state index in [9.17, 15) is 0 Å². The Balaban J connectivity index is 1.13. The van der Waals surface area contributed by atoms with E-state index in [1.807, 2.05) is 11.3 Å². The van der Waals surface area contributed by atoms with Crippen molar-refractivity contribution in [3.63, 3.8) is 0 Å². The van der Waals surface area contributed by atoms with Crippen molar-refractivity contribution < 1.29 is 0 Å². The quantitative estimate of drug-likeness (QED) is 0.200. The maximum atomic E-state index is 2.39. The van der Waals surface area contributed by atoms with Gasteiger partial charge in [0, 0.05) is 42.7 Å². The second kappa shape index (κ2) is 9.59. The molecule has 0 aliphatic carbocycles. The summed E-state index contributed by atoms with van der Waals surface area (Å²) in [6.45, 7) is 0. The van der Waals surface area contributed by atoms with Crippen LogP contribution < -0.4 is 0 Å². The molecule has 202 valence electrons. The highest BCUT2D eigenvalue weighted by Crippen LogP contribution is 2.39. The van der Waals surface area contributed by atoms with E-state index in [4.69, 9.17) is 0 Å². The van der Waals surface area contributed by atoms with Gasteiger partial charge in [-0.15, -0.1) is 11.3 Å². The van der Waals surface area contributed by atoms with Gasteiger partial charge in [-0.25, -0.2) is 0 Å². The zero-order valence-corrected chi connectivity index (χ0v) is 24.1. The zero-order valence-electron chi connectivity index (χ0n) is 23.3. The largest absolute Gasteiger partial charge is 0.309 e. The van der Waals surface area contributed by atoms with Crippen LogP contribution in [0.5, 0.6) is 0 Å². The number of nitrogens with zero attached hydrogens (tertiary/aromatic N) is 2. The van der Waals surface area contributed by atoms with E-state index < -0.39 is 0 Å². The summed E-state index contributed by atoms with van der Waals surface area (Å²) in [6.07, 6.45) is 0. The molecule has 9 aromatic rings. The van der Waals surface area contributed by atoms with Gasteiger partial charge in [-0.05, 0) is 71.8 Å². The van der Waals surface area contributed by atoms with E-state index in [-0.39, 0.29) is 0 Å². The standard InChI is InChI=1S/C40H26N2S/c1-5-19-35-31(15-1)32-16-2-6-20-36(32)41(35)29-13-9-11-27(25-29)39-23-24-40(43-39)28-12-10-14-30(26-28)42-37-21-7-3-17-33(37)34-18-4-8-22-38(34)42/h1-26H. The number of benzene rings is 6. The molecular formula is C40H26N2S. The summed E-state index contributed by atoms with van der Waals surface area (Å²) in [6, 6.07) is 57.1. The number of thiophene rings is 1. The Bertz CT molecular complexity index is 2190. The predicted molar refractivity (Wildman–Crippen MR) is 184 cm³/mol. The van der Waals surface area contributed by atoms with Crippen molar-refractivity contribution in [2.75, 3.05) is 0 Å². The van der Waals surface area contributed by atoms with Gasteiger partial charge in [-0.2, -0.15) is 0 Å². The van der Waals surface area contributed by atoms with E-state index in [2.05, 4.69) is 167 Å². The first kappa shape index (κ1) is 24.2. The fraction of sp³-hybridized carbons (Fsp3) is 0. The second-order valence-corrected chi connectivity index (χ2v) is 12.1. The molecule has 0 atom stereocenters. The molecule has 2 nitrogen and oxygen atoms in total. The van der Waals surface area contributed by atoms with E-state index in [0.29, 0.717) is 0 Å². The van der Waals surface area contributed by atoms with E-state index in [1.165, 1.54) is 75.9 Å². The summed E-state index contributed by atoms with van der Waals surface area (Å²) in [5, 5.41) is 5.13. The van der Waals surface area contributed by atoms with Gasteiger partial charge < -0.3 is 9.13 Å². The van der Waals surface area contributed by atoms with E-state index >= 15 is 0 Å². The molecule has 43 heavy (non-hydrogen) atoms. The molecule has 0 saturated carbocycles. The first-order valence-electron chi connectivity index (χ1n) is 14.6. The third kappa shape index (κ3) is 3.79. The minimum Gasteiger partial charge on any atom is -0.309 e. The Morgan fingerprint density at radius 2 is 0.674 bits per heavy atom. The number of hydrogen-bond donors (Lipinski definition) is 0. The Morgan fingerprint density at radius 3 is 1.05 bits per heavy atom. The minimum absolute atomic E-state index is 1.18. The van der Waals surface area contributed by atoms with Crippen molar-refractivity contribution in [3.05, 3.63) is 158 Å². The molecule has 3 heterocycles. The van der Waals surface area contributed by atoms with E-state index in [1.54, 1.807) is 0 Å². The molecule has 9 rings (SSSR count). The predicted octanol–water partition coefficient (Wildman–Crippen LogP) is 11.3. The third-order valence-electron chi connectivity index (χ3n) is 8.54. The normalized spacial score (nSPS) is 11.7. The van der Waals surface area contributed by atoms with Crippen LogP contribution in [0.3, 0.4) is 0 Å². The van der Waals surface area contributed by atoms with Gasteiger partial charge in [0.15, 0.2) is 0 Å². The highest BCUT2D eigenvalue weighted by atomic mass is 32.1. The van der Waals surface area contributed by atoms with Crippen molar-refractivity contribution >= 4 is 54.9 Å². The summed E-state index contributed by atoms with van der Waals surface area (Å²) in [7, 11) is 0. The van der Waals surface area contributed by atoms with Gasteiger partial charge in [0.2, 0.25) is 0 Å². The zero-order chi connectivity index (χ0) is 28.3. The number of aromatic nitrogens is 2. The van der Waals surface area contributed by atoms with Crippen LogP contribution in [-0.2, 0) is 0 Å². The molecule has 0 aliphatic heterocycles. The summed E-state index contributed by atoms with van der Waals surface area (Å²) in [4.78, 5) is 2.53. The Hall–Kier alpha value is -5.38. The lowest BCUT2D eigenvalue weighted by atomic mass is 10.1. The number of hydrogen-bond acceptors (Lipinski definition) is 1. The molecule has 0 bridgehead atoms. The van der Waals surface area contributed by atoms with Gasteiger partial charge in [0.1, 0.15) is 0 Å². The average molecular weight is 567 g/mol. The Labute approximate surface area is 253 Å². The topological polar surface area (TPSA) is 9.86 Å². The summed E-state index contributed by atoms with van der Waals surface area (Å²) in [5.41, 5.74) is 9.74. The maximum Gasteiger partial charge on any atom is 0.0541 e. The molecule has 0 fully saturated rings. The van der Waals surface area contributed by atoms with Crippen molar-refractivity contribution in [3.8, 4) is 32.3 Å². The Morgan fingerprint density at radius 1 is 0.326 bits per heavy atom.